The molecule has 1 aromatic carbocycles. The summed E-state index contributed by atoms with van der Waals surface area (Å²) in [6.45, 7) is 0. The zero-order chi connectivity index (χ0) is 31.2. The summed E-state index contributed by atoms with van der Waals surface area (Å²) in [5.74, 6) is -6.64. The Morgan fingerprint density at radius 3 is 0.605 bits per heavy atom. The number of carbonyl (C=O) groups is 8. The quantitative estimate of drug-likeness (QED) is 0.296. The highest BCUT2D eigenvalue weighted by atomic mass is 16.4. The largest absolute Gasteiger partial charge is 0.478 e. The minimum Gasteiger partial charge on any atom is -0.478 e. The van der Waals surface area contributed by atoms with E-state index in [0.717, 1.165) is 25.6 Å². The van der Waals surface area contributed by atoms with Crippen molar-refractivity contribution in [3.63, 3.8) is 0 Å². The molecule has 0 unspecified atom stereocenters. The van der Waals surface area contributed by atoms with Gasteiger partial charge in [-0.15, -0.1) is 0 Å². The first kappa shape index (κ1) is 40.2. The minimum atomic E-state index is -1.66. The van der Waals surface area contributed by atoms with E-state index in [1.807, 2.05) is 0 Å². The van der Waals surface area contributed by atoms with Gasteiger partial charge in [-0.05, 0) is 12.1 Å². The van der Waals surface area contributed by atoms with Crippen LogP contribution >= 0.6 is 0 Å². The average Bonchev–Trinajstić information content (AvgIpc) is 2.84. The molecule has 0 aliphatic carbocycles. The number of rotatable bonds is 8. The Bertz CT molecular complexity index is 798. The SMILES string of the molecule is CN(C)C=O.CN(C)C=O.CN(C)C=O.CN(C)C=O.O=C(O)c1cc(C(=O)O)c(C(=O)O)cc1C(=O)O. The molecule has 0 fully saturated rings. The van der Waals surface area contributed by atoms with Crippen LogP contribution < -0.4 is 0 Å². The maximum absolute atomic E-state index is 10.8. The van der Waals surface area contributed by atoms with E-state index in [4.69, 9.17) is 20.4 Å². The first-order valence-corrected chi connectivity index (χ1v) is 9.92. The van der Waals surface area contributed by atoms with E-state index < -0.39 is 46.1 Å². The number of carbonyl (C=O) groups excluding carboxylic acids is 4. The number of hydrogen-bond acceptors (Lipinski definition) is 8. The second kappa shape index (κ2) is 22.4. The maximum Gasteiger partial charge on any atom is 0.336 e. The molecule has 0 spiro atoms. The molecule has 38 heavy (non-hydrogen) atoms. The molecular weight excluding hydrogens is 512 g/mol. The normalized spacial score (nSPS) is 8.21. The first-order chi connectivity index (χ1) is 17.3. The van der Waals surface area contributed by atoms with Gasteiger partial charge in [0.1, 0.15) is 0 Å². The number of amides is 4. The minimum absolute atomic E-state index is 0.511. The van der Waals surface area contributed by atoms with Gasteiger partial charge >= 0.3 is 23.9 Å². The molecule has 4 amide bonds. The van der Waals surface area contributed by atoms with Crippen molar-refractivity contribution in [2.45, 2.75) is 0 Å². The van der Waals surface area contributed by atoms with Gasteiger partial charge in [-0.1, -0.05) is 0 Å². The van der Waals surface area contributed by atoms with Crippen LogP contribution in [0.5, 0.6) is 0 Å². The fourth-order valence-electron chi connectivity index (χ4n) is 1.31. The number of aromatic carboxylic acids is 4. The van der Waals surface area contributed by atoms with Gasteiger partial charge < -0.3 is 40.0 Å². The Morgan fingerprint density at radius 1 is 0.447 bits per heavy atom. The highest BCUT2D eigenvalue weighted by molar-refractivity contribution is 6.09. The summed E-state index contributed by atoms with van der Waals surface area (Å²) < 4.78 is 0. The molecule has 0 bridgehead atoms. The van der Waals surface area contributed by atoms with Crippen molar-refractivity contribution in [2.75, 3.05) is 56.4 Å². The van der Waals surface area contributed by atoms with E-state index in [-0.39, 0.29) is 0 Å². The Morgan fingerprint density at radius 2 is 0.553 bits per heavy atom. The van der Waals surface area contributed by atoms with Crippen LogP contribution in [-0.4, -0.2) is 146 Å². The fraction of sp³-hybridized carbons (Fsp3) is 0.364. The predicted octanol–water partition coefficient (Wildman–Crippen LogP) is -0.703. The lowest BCUT2D eigenvalue weighted by Gasteiger charge is -2.06. The van der Waals surface area contributed by atoms with Crippen molar-refractivity contribution < 1.29 is 58.8 Å². The summed E-state index contributed by atoms with van der Waals surface area (Å²) in [5.41, 5.74) is -3.15. The molecule has 1 rings (SSSR count). The molecule has 214 valence electrons. The molecule has 0 aromatic heterocycles. The van der Waals surface area contributed by atoms with Crippen LogP contribution in [0.2, 0.25) is 0 Å². The summed E-state index contributed by atoms with van der Waals surface area (Å²) in [4.78, 5) is 86.6. The maximum atomic E-state index is 10.8. The topological polar surface area (TPSA) is 230 Å². The third-order valence-electron chi connectivity index (χ3n) is 2.92. The Balaban J connectivity index is -0.000000235. The molecule has 0 atom stereocenters. The average molecular weight is 547 g/mol. The summed E-state index contributed by atoms with van der Waals surface area (Å²) >= 11 is 0. The monoisotopic (exact) mass is 546 g/mol. The van der Waals surface area contributed by atoms with Gasteiger partial charge in [-0.3, -0.25) is 19.2 Å². The molecule has 0 saturated carbocycles. The summed E-state index contributed by atoms with van der Waals surface area (Å²) in [6.07, 6.45) is 3.00. The van der Waals surface area contributed by atoms with Crippen LogP contribution in [0, 0.1) is 0 Å². The smallest absolute Gasteiger partial charge is 0.336 e. The third-order valence-corrected chi connectivity index (χ3v) is 2.92. The Hall–Kier alpha value is -5.02. The molecule has 1 aromatic rings. The van der Waals surface area contributed by atoms with Gasteiger partial charge in [0.25, 0.3) is 0 Å². The van der Waals surface area contributed by atoms with Crippen LogP contribution in [-0.2, 0) is 19.2 Å². The zero-order valence-electron chi connectivity index (χ0n) is 22.3. The van der Waals surface area contributed by atoms with E-state index in [1.165, 1.54) is 19.6 Å². The molecule has 0 heterocycles. The second-order valence-corrected chi connectivity index (χ2v) is 7.44. The van der Waals surface area contributed by atoms with Gasteiger partial charge in [-0.2, -0.15) is 0 Å². The van der Waals surface area contributed by atoms with Crippen molar-refractivity contribution >= 4 is 49.5 Å². The van der Waals surface area contributed by atoms with E-state index >= 15 is 0 Å². The lowest BCUT2D eigenvalue weighted by Crippen LogP contribution is -2.15. The number of benzene rings is 1. The van der Waals surface area contributed by atoms with Crippen molar-refractivity contribution in [1.29, 1.82) is 0 Å². The summed E-state index contributed by atoms with van der Waals surface area (Å²) in [6, 6.07) is 1.02. The molecule has 0 aliphatic heterocycles. The highest BCUT2D eigenvalue weighted by Crippen LogP contribution is 2.18. The number of carboxylic acids is 4. The highest BCUT2D eigenvalue weighted by Gasteiger charge is 2.24. The first-order valence-electron chi connectivity index (χ1n) is 9.92. The number of carboxylic acid groups (broad SMARTS) is 4. The van der Waals surface area contributed by atoms with Crippen molar-refractivity contribution in [2.24, 2.45) is 0 Å². The summed E-state index contributed by atoms with van der Waals surface area (Å²) in [7, 11) is 13.5. The van der Waals surface area contributed by atoms with E-state index in [2.05, 4.69) is 0 Å². The molecule has 4 N–H and O–H groups in total. The summed E-state index contributed by atoms with van der Waals surface area (Å²) in [5, 5.41) is 35.0. The molecule has 16 nitrogen and oxygen atoms in total. The van der Waals surface area contributed by atoms with E-state index in [1.54, 1.807) is 56.4 Å². The van der Waals surface area contributed by atoms with Crippen LogP contribution in [0.15, 0.2) is 12.1 Å². The van der Waals surface area contributed by atoms with Crippen LogP contribution in [0.1, 0.15) is 41.4 Å². The fourth-order valence-corrected chi connectivity index (χ4v) is 1.31. The van der Waals surface area contributed by atoms with Crippen LogP contribution in [0.4, 0.5) is 0 Å². The van der Waals surface area contributed by atoms with Gasteiger partial charge in [0.05, 0.1) is 22.3 Å². The molecule has 0 radical (unpaired) electrons. The van der Waals surface area contributed by atoms with Crippen molar-refractivity contribution in [3.8, 4) is 0 Å². The van der Waals surface area contributed by atoms with Crippen LogP contribution in [0.25, 0.3) is 0 Å². The van der Waals surface area contributed by atoms with Gasteiger partial charge in [-0.25, -0.2) is 19.2 Å². The standard InChI is InChI=1S/C10H6O8.4C3H7NO/c11-7(12)3-1-4(8(13)14)6(10(17)18)2-5(3)9(15)16;4*1-4(2)3-5/h1-2H,(H,11,12)(H,13,14)(H,15,16)(H,17,18);4*3H,1-2H3. The van der Waals surface area contributed by atoms with Gasteiger partial charge in [0, 0.05) is 56.4 Å². The predicted molar refractivity (Wildman–Crippen MR) is 133 cm³/mol. The van der Waals surface area contributed by atoms with Crippen molar-refractivity contribution in [1.82, 2.24) is 19.6 Å². The van der Waals surface area contributed by atoms with E-state index in [0.29, 0.717) is 12.1 Å². The lowest BCUT2D eigenvalue weighted by atomic mass is 9.98. The molecule has 0 saturated heterocycles. The second-order valence-electron chi connectivity index (χ2n) is 7.44. The third kappa shape index (κ3) is 22.8. The van der Waals surface area contributed by atoms with Gasteiger partial charge in [0.2, 0.25) is 25.6 Å². The number of nitrogens with zero attached hydrogens (tertiary/aromatic N) is 4. The molecular formula is C22H34N4O12. The molecule has 16 heteroatoms. The van der Waals surface area contributed by atoms with Gasteiger partial charge in [0.15, 0.2) is 0 Å². The Kier molecular flexibility index (Phi) is 23.7. The Labute approximate surface area is 219 Å². The van der Waals surface area contributed by atoms with Crippen molar-refractivity contribution in [3.05, 3.63) is 34.4 Å². The van der Waals surface area contributed by atoms with E-state index in [9.17, 15) is 38.4 Å². The zero-order valence-corrected chi connectivity index (χ0v) is 22.3. The molecule has 0 aliphatic rings. The van der Waals surface area contributed by atoms with Crippen LogP contribution in [0.3, 0.4) is 0 Å². The lowest BCUT2D eigenvalue weighted by molar-refractivity contribution is -0.116. The number of hydrogen-bond donors (Lipinski definition) is 4.